The Balaban J connectivity index is 1.41. The zero-order valence-corrected chi connectivity index (χ0v) is 19.0. The topological polar surface area (TPSA) is 63.2 Å². The summed E-state index contributed by atoms with van der Waals surface area (Å²) in [6.45, 7) is 3.79. The fourth-order valence-corrected chi connectivity index (χ4v) is 5.39. The van der Waals surface area contributed by atoms with Gasteiger partial charge in [0.15, 0.2) is 12.6 Å². The summed E-state index contributed by atoms with van der Waals surface area (Å²) in [6.07, 6.45) is 16.5. The van der Waals surface area contributed by atoms with E-state index in [1.807, 2.05) is 0 Å². The van der Waals surface area contributed by atoms with Gasteiger partial charge in [-0.05, 0) is 44.9 Å². The van der Waals surface area contributed by atoms with E-state index in [9.17, 15) is 4.79 Å². The van der Waals surface area contributed by atoms with Crippen molar-refractivity contribution >= 4 is 5.97 Å². The average Bonchev–Trinajstić information content (AvgIpc) is 3.29. The van der Waals surface area contributed by atoms with Crippen molar-refractivity contribution in [3.05, 3.63) is 12.2 Å². The lowest BCUT2D eigenvalue weighted by atomic mass is 9.91. The van der Waals surface area contributed by atoms with E-state index in [4.69, 9.17) is 23.7 Å². The van der Waals surface area contributed by atoms with Crippen LogP contribution in [-0.2, 0) is 28.5 Å². The normalized spacial score (nSPS) is 37.1. The van der Waals surface area contributed by atoms with Gasteiger partial charge in [0.25, 0.3) is 0 Å². The molecule has 7 unspecified atom stereocenters. The number of hydrogen-bond donors (Lipinski definition) is 0. The minimum absolute atomic E-state index is 0.0307. The van der Waals surface area contributed by atoms with Crippen LogP contribution in [-0.4, -0.2) is 50.1 Å². The lowest BCUT2D eigenvalue weighted by Crippen LogP contribution is -2.31. The monoisotopic (exact) mass is 436 g/mol. The Kier molecular flexibility index (Phi) is 8.82. The molecule has 4 rings (SSSR count). The summed E-state index contributed by atoms with van der Waals surface area (Å²) in [5, 5.41) is 0. The van der Waals surface area contributed by atoms with E-state index < -0.39 is 0 Å². The fraction of sp³-hybridized carbons (Fsp3) is 0.880. The first-order valence-corrected chi connectivity index (χ1v) is 12.6. The first-order valence-electron chi connectivity index (χ1n) is 12.6. The summed E-state index contributed by atoms with van der Waals surface area (Å²) in [5.41, 5.74) is 0. The number of hydrogen-bond acceptors (Lipinski definition) is 6. The maximum absolute atomic E-state index is 11.9. The summed E-state index contributed by atoms with van der Waals surface area (Å²) in [5.74, 6) is 0.276. The molecule has 0 N–H and O–H groups in total. The van der Waals surface area contributed by atoms with E-state index in [2.05, 4.69) is 19.1 Å². The maximum atomic E-state index is 11.9. The van der Waals surface area contributed by atoms with Gasteiger partial charge in [-0.2, -0.15) is 0 Å². The molecule has 0 aromatic rings. The number of carbonyl (C=O) groups excluding carboxylic acids is 1. The van der Waals surface area contributed by atoms with Crippen molar-refractivity contribution in [2.75, 3.05) is 13.2 Å². The van der Waals surface area contributed by atoms with Gasteiger partial charge in [0.2, 0.25) is 0 Å². The third-order valence-corrected chi connectivity index (χ3v) is 7.12. The molecule has 4 aliphatic rings. The molecular weight excluding hydrogens is 396 g/mol. The minimum atomic E-state index is -0.128. The molecule has 6 nitrogen and oxygen atoms in total. The van der Waals surface area contributed by atoms with Crippen LogP contribution in [0.1, 0.15) is 84.0 Å². The lowest BCUT2D eigenvalue weighted by Gasteiger charge is -2.29. The highest BCUT2D eigenvalue weighted by Crippen LogP contribution is 2.44. The van der Waals surface area contributed by atoms with Crippen molar-refractivity contribution in [3.63, 3.8) is 0 Å². The standard InChI is InChI=1S/C25H40O6/c1-2-3-4-9-18(29-24-10-5-7-14-27-24)12-13-19-20-16-23(26)30-22(20)17-21(19)31-25-11-6-8-15-28-25/h12-13,18-22,24-25H,2-11,14-17H2,1H3/b13-12+. The summed E-state index contributed by atoms with van der Waals surface area (Å²) < 4.78 is 30.0. The van der Waals surface area contributed by atoms with E-state index in [1.165, 1.54) is 19.3 Å². The van der Waals surface area contributed by atoms with E-state index in [-0.39, 0.29) is 48.7 Å². The highest BCUT2D eigenvalue weighted by Gasteiger charge is 2.50. The summed E-state index contributed by atoms with van der Waals surface area (Å²) in [7, 11) is 0. The van der Waals surface area contributed by atoms with Crippen LogP contribution in [0.25, 0.3) is 0 Å². The first-order chi connectivity index (χ1) is 15.2. The number of esters is 1. The number of ether oxygens (including phenoxy) is 5. The summed E-state index contributed by atoms with van der Waals surface area (Å²) in [4.78, 5) is 11.9. The minimum Gasteiger partial charge on any atom is -0.462 e. The number of fused-ring (bicyclic) bond motifs is 1. The van der Waals surface area contributed by atoms with Crippen molar-refractivity contribution < 1.29 is 28.5 Å². The van der Waals surface area contributed by atoms with E-state index in [0.29, 0.717) is 6.42 Å². The number of carbonyl (C=O) groups is 1. The number of rotatable bonds is 10. The van der Waals surface area contributed by atoms with Gasteiger partial charge in [-0.3, -0.25) is 4.79 Å². The van der Waals surface area contributed by atoms with Crippen molar-refractivity contribution in [1.29, 1.82) is 0 Å². The van der Waals surface area contributed by atoms with Crippen LogP contribution >= 0.6 is 0 Å². The van der Waals surface area contributed by atoms with Crippen LogP contribution in [0, 0.1) is 11.8 Å². The predicted molar refractivity (Wildman–Crippen MR) is 116 cm³/mol. The molecule has 176 valence electrons. The van der Waals surface area contributed by atoms with Crippen LogP contribution in [0.3, 0.4) is 0 Å². The summed E-state index contributed by atoms with van der Waals surface area (Å²) in [6, 6.07) is 0. The zero-order chi connectivity index (χ0) is 21.5. The quantitative estimate of drug-likeness (QED) is 0.276. The molecule has 0 bridgehead atoms. The summed E-state index contributed by atoms with van der Waals surface area (Å²) >= 11 is 0. The van der Waals surface area contributed by atoms with Crippen molar-refractivity contribution in [1.82, 2.24) is 0 Å². The van der Waals surface area contributed by atoms with Gasteiger partial charge in [-0.1, -0.05) is 38.3 Å². The van der Waals surface area contributed by atoms with E-state index in [1.54, 1.807) is 0 Å². The van der Waals surface area contributed by atoms with Crippen LogP contribution in [0.2, 0.25) is 0 Å². The molecule has 0 aromatic carbocycles. The van der Waals surface area contributed by atoms with Gasteiger partial charge < -0.3 is 23.7 Å². The average molecular weight is 437 g/mol. The van der Waals surface area contributed by atoms with Gasteiger partial charge in [-0.15, -0.1) is 0 Å². The molecule has 0 aromatic heterocycles. The second kappa shape index (κ2) is 11.8. The molecule has 31 heavy (non-hydrogen) atoms. The maximum Gasteiger partial charge on any atom is 0.306 e. The van der Waals surface area contributed by atoms with Gasteiger partial charge in [0, 0.05) is 31.5 Å². The molecule has 0 radical (unpaired) electrons. The van der Waals surface area contributed by atoms with E-state index >= 15 is 0 Å². The van der Waals surface area contributed by atoms with Crippen LogP contribution in [0.5, 0.6) is 0 Å². The number of unbranched alkanes of at least 4 members (excludes halogenated alkanes) is 2. The Morgan fingerprint density at radius 3 is 2.55 bits per heavy atom. The molecule has 1 saturated carbocycles. The molecule has 3 heterocycles. The van der Waals surface area contributed by atoms with Crippen molar-refractivity contribution in [3.8, 4) is 0 Å². The van der Waals surface area contributed by atoms with Crippen LogP contribution < -0.4 is 0 Å². The second-order valence-corrected chi connectivity index (χ2v) is 9.53. The molecule has 4 fully saturated rings. The zero-order valence-electron chi connectivity index (χ0n) is 19.0. The Hall–Kier alpha value is -0.950. The molecular formula is C25H40O6. The molecule has 3 aliphatic heterocycles. The molecule has 6 heteroatoms. The van der Waals surface area contributed by atoms with Crippen LogP contribution in [0.4, 0.5) is 0 Å². The SMILES string of the molecule is CCCCCC(/C=C/C1C(OC2CCCCO2)CC2OC(=O)CC21)OC1CCCCO1. The highest BCUT2D eigenvalue weighted by molar-refractivity contribution is 5.72. The Morgan fingerprint density at radius 2 is 1.84 bits per heavy atom. The lowest BCUT2D eigenvalue weighted by molar-refractivity contribution is -0.194. The Morgan fingerprint density at radius 1 is 1.06 bits per heavy atom. The van der Waals surface area contributed by atoms with Crippen molar-refractivity contribution in [2.24, 2.45) is 11.8 Å². The second-order valence-electron chi connectivity index (χ2n) is 9.53. The Labute approximate surface area is 187 Å². The molecule has 0 amide bonds. The van der Waals surface area contributed by atoms with Gasteiger partial charge in [-0.25, -0.2) is 0 Å². The molecule has 0 spiro atoms. The Bertz CT molecular complexity index is 581. The highest BCUT2D eigenvalue weighted by atomic mass is 16.7. The first kappa shape index (κ1) is 23.2. The largest absolute Gasteiger partial charge is 0.462 e. The smallest absolute Gasteiger partial charge is 0.306 e. The third kappa shape index (κ3) is 6.53. The fourth-order valence-electron chi connectivity index (χ4n) is 5.39. The van der Waals surface area contributed by atoms with Gasteiger partial charge in [0.1, 0.15) is 6.10 Å². The van der Waals surface area contributed by atoms with Gasteiger partial charge >= 0.3 is 5.97 Å². The van der Waals surface area contributed by atoms with Crippen LogP contribution in [0.15, 0.2) is 12.2 Å². The van der Waals surface area contributed by atoms with E-state index in [0.717, 1.165) is 64.6 Å². The third-order valence-electron chi connectivity index (χ3n) is 7.12. The molecule has 1 aliphatic carbocycles. The molecule has 3 saturated heterocycles. The molecule has 7 atom stereocenters. The van der Waals surface area contributed by atoms with Gasteiger partial charge in [0.05, 0.1) is 18.6 Å². The predicted octanol–water partition coefficient (Wildman–Crippen LogP) is 4.90. The van der Waals surface area contributed by atoms with Crippen molar-refractivity contribution in [2.45, 2.75) is 115 Å².